The Balaban J connectivity index is 1.48. The maximum Gasteiger partial charge on any atom is 0.319 e. The van der Waals surface area contributed by atoms with Gasteiger partial charge in [0.25, 0.3) is 10.0 Å². The SMILES string of the molecule is COc1ccc([C@@H]2CN(Cc3cnn(S(C)(=O)=O)c3)CC[C@H]2NC(=O)Nc2ccc(Cl)cc2)nc1. The first-order chi connectivity index (χ1) is 16.7. The molecule has 2 aromatic heterocycles. The number of benzene rings is 1. The zero-order valence-corrected chi connectivity index (χ0v) is 21.0. The van der Waals surface area contributed by atoms with Crippen LogP contribution in [0.1, 0.15) is 23.6 Å². The lowest BCUT2D eigenvalue weighted by molar-refractivity contribution is 0.167. The third-order valence-corrected chi connectivity index (χ3v) is 6.98. The van der Waals surface area contributed by atoms with Crippen LogP contribution >= 0.6 is 11.6 Å². The number of nitrogens with zero attached hydrogens (tertiary/aromatic N) is 4. The number of rotatable bonds is 7. The van der Waals surface area contributed by atoms with Crippen LogP contribution in [0.25, 0.3) is 0 Å². The zero-order chi connectivity index (χ0) is 25.0. The molecule has 0 bridgehead atoms. The van der Waals surface area contributed by atoms with Crippen molar-refractivity contribution in [1.82, 2.24) is 24.4 Å². The van der Waals surface area contributed by atoms with Gasteiger partial charge in [0.1, 0.15) is 5.75 Å². The number of likely N-dealkylation sites (tertiary alicyclic amines) is 1. The monoisotopic (exact) mass is 518 g/mol. The Labute approximate surface area is 209 Å². The number of nitrogens with one attached hydrogen (secondary N) is 2. The molecule has 10 nitrogen and oxygen atoms in total. The summed E-state index contributed by atoms with van der Waals surface area (Å²) in [6.45, 7) is 1.86. The highest BCUT2D eigenvalue weighted by atomic mass is 35.5. The molecule has 0 spiro atoms. The van der Waals surface area contributed by atoms with Crippen LogP contribution in [0.2, 0.25) is 5.02 Å². The molecular weight excluding hydrogens is 492 g/mol. The number of aromatic nitrogens is 3. The number of piperidine rings is 1. The normalized spacial score (nSPS) is 18.7. The minimum absolute atomic E-state index is 0.0874. The van der Waals surface area contributed by atoms with E-state index in [9.17, 15) is 13.2 Å². The third kappa shape index (κ3) is 6.50. The van der Waals surface area contributed by atoms with E-state index in [4.69, 9.17) is 16.3 Å². The highest BCUT2D eigenvalue weighted by molar-refractivity contribution is 7.89. The van der Waals surface area contributed by atoms with Gasteiger partial charge in [-0.2, -0.15) is 9.19 Å². The van der Waals surface area contributed by atoms with Crippen LogP contribution in [0.3, 0.4) is 0 Å². The van der Waals surface area contributed by atoms with Gasteiger partial charge in [-0.15, -0.1) is 0 Å². The standard InChI is InChI=1S/C23H27ClN6O4S/c1-34-19-7-8-21(25-12-19)20-15-29(13-16-11-26-30(14-16)35(2,32)33)10-9-22(20)28-23(31)27-18-5-3-17(24)4-6-18/h3-8,11-12,14,20,22H,9-10,13,15H2,1-2H3,(H2,27,28,31)/t20-,22+/m0/s1. The number of hydrogen-bond donors (Lipinski definition) is 2. The molecule has 2 amide bonds. The van der Waals surface area contributed by atoms with Gasteiger partial charge in [0.05, 0.1) is 25.8 Å². The minimum atomic E-state index is -3.43. The van der Waals surface area contributed by atoms with Gasteiger partial charge in [0, 0.05) is 59.8 Å². The van der Waals surface area contributed by atoms with Crippen molar-refractivity contribution in [2.24, 2.45) is 0 Å². The molecule has 2 atom stereocenters. The average Bonchev–Trinajstić information content (AvgIpc) is 3.31. The predicted octanol–water partition coefficient (Wildman–Crippen LogP) is 2.93. The summed E-state index contributed by atoms with van der Waals surface area (Å²) in [4.78, 5) is 19.5. The molecule has 0 saturated carbocycles. The summed E-state index contributed by atoms with van der Waals surface area (Å²) in [5.41, 5.74) is 2.27. The summed E-state index contributed by atoms with van der Waals surface area (Å²) < 4.78 is 29.7. The number of ether oxygens (including phenoxy) is 1. The first-order valence-corrected chi connectivity index (χ1v) is 13.2. The Hall–Kier alpha value is -3.15. The molecule has 3 aromatic rings. The topological polar surface area (TPSA) is 118 Å². The maximum absolute atomic E-state index is 12.7. The lowest BCUT2D eigenvalue weighted by Gasteiger charge is -2.38. The van der Waals surface area contributed by atoms with Gasteiger partial charge >= 0.3 is 6.03 Å². The largest absolute Gasteiger partial charge is 0.495 e. The molecule has 1 aliphatic heterocycles. The number of amides is 2. The summed E-state index contributed by atoms with van der Waals surface area (Å²) in [6, 6.07) is 10.2. The second-order valence-corrected chi connectivity index (χ2v) is 10.7. The summed E-state index contributed by atoms with van der Waals surface area (Å²) in [6.07, 6.45) is 6.55. The lowest BCUT2D eigenvalue weighted by atomic mass is 9.88. The molecule has 35 heavy (non-hydrogen) atoms. The smallest absolute Gasteiger partial charge is 0.319 e. The molecule has 1 aromatic carbocycles. The van der Waals surface area contributed by atoms with E-state index >= 15 is 0 Å². The third-order valence-electron chi connectivity index (χ3n) is 5.85. The van der Waals surface area contributed by atoms with Crippen molar-refractivity contribution in [2.45, 2.75) is 24.9 Å². The fraction of sp³-hybridized carbons (Fsp3) is 0.348. The van der Waals surface area contributed by atoms with Crippen molar-refractivity contribution in [3.8, 4) is 5.75 Å². The van der Waals surface area contributed by atoms with E-state index in [1.807, 2.05) is 12.1 Å². The molecule has 12 heteroatoms. The first-order valence-electron chi connectivity index (χ1n) is 11.0. The summed E-state index contributed by atoms with van der Waals surface area (Å²) in [5.74, 6) is 0.565. The highest BCUT2D eigenvalue weighted by Gasteiger charge is 2.33. The van der Waals surface area contributed by atoms with Crippen LogP contribution in [-0.4, -0.2) is 66.0 Å². The van der Waals surface area contributed by atoms with E-state index in [-0.39, 0.29) is 18.0 Å². The van der Waals surface area contributed by atoms with Crippen molar-refractivity contribution in [2.75, 3.05) is 31.8 Å². The van der Waals surface area contributed by atoms with Crippen molar-refractivity contribution >= 4 is 33.3 Å². The Morgan fingerprint density at radius 3 is 2.60 bits per heavy atom. The summed E-state index contributed by atoms with van der Waals surface area (Å²) >= 11 is 5.92. The Bertz CT molecular complexity index is 1260. The predicted molar refractivity (Wildman–Crippen MR) is 133 cm³/mol. The minimum Gasteiger partial charge on any atom is -0.495 e. The van der Waals surface area contributed by atoms with Crippen molar-refractivity contribution in [3.05, 3.63) is 71.3 Å². The molecule has 0 aliphatic carbocycles. The number of pyridine rings is 1. The molecule has 0 unspecified atom stereocenters. The van der Waals surface area contributed by atoms with Gasteiger partial charge in [-0.25, -0.2) is 13.2 Å². The first kappa shape index (κ1) is 25.0. The van der Waals surface area contributed by atoms with E-state index in [1.165, 1.54) is 6.20 Å². The highest BCUT2D eigenvalue weighted by Crippen LogP contribution is 2.28. The molecule has 3 heterocycles. The van der Waals surface area contributed by atoms with Crippen LogP contribution in [0.5, 0.6) is 5.75 Å². The molecule has 0 radical (unpaired) electrons. The van der Waals surface area contributed by atoms with Crippen LogP contribution in [-0.2, 0) is 16.6 Å². The van der Waals surface area contributed by atoms with Crippen LogP contribution in [0.15, 0.2) is 55.0 Å². The molecule has 2 N–H and O–H groups in total. The second-order valence-electron chi connectivity index (χ2n) is 8.45. The van der Waals surface area contributed by atoms with Crippen LogP contribution < -0.4 is 15.4 Å². The summed E-state index contributed by atoms with van der Waals surface area (Å²) in [5, 5.41) is 10.5. The van der Waals surface area contributed by atoms with Gasteiger partial charge in [-0.3, -0.25) is 9.88 Å². The number of urea groups is 1. The van der Waals surface area contributed by atoms with E-state index < -0.39 is 10.0 Å². The number of anilines is 1. The van der Waals surface area contributed by atoms with Crippen LogP contribution in [0.4, 0.5) is 10.5 Å². The van der Waals surface area contributed by atoms with Crippen LogP contribution in [0, 0.1) is 0 Å². The van der Waals surface area contributed by atoms with Crippen molar-refractivity contribution < 1.29 is 17.9 Å². The van der Waals surface area contributed by atoms with Crippen molar-refractivity contribution in [3.63, 3.8) is 0 Å². The fourth-order valence-corrected chi connectivity index (χ4v) is 4.77. The number of halogens is 1. The van der Waals surface area contributed by atoms with Gasteiger partial charge in [0.15, 0.2) is 0 Å². The van der Waals surface area contributed by atoms with E-state index in [0.717, 1.165) is 21.6 Å². The van der Waals surface area contributed by atoms with Gasteiger partial charge in [-0.1, -0.05) is 11.6 Å². The van der Waals surface area contributed by atoms with E-state index in [1.54, 1.807) is 43.8 Å². The van der Waals surface area contributed by atoms with E-state index in [2.05, 4.69) is 25.6 Å². The van der Waals surface area contributed by atoms with Gasteiger partial charge < -0.3 is 15.4 Å². The molecule has 1 saturated heterocycles. The Kier molecular flexibility index (Phi) is 7.58. The maximum atomic E-state index is 12.7. The van der Waals surface area contributed by atoms with Gasteiger partial charge in [-0.05, 0) is 42.8 Å². The fourth-order valence-electron chi connectivity index (χ4n) is 4.10. The number of carbonyl (C=O) groups excluding carboxylic acids is 1. The number of methoxy groups -OCH3 is 1. The second kappa shape index (κ2) is 10.6. The zero-order valence-electron chi connectivity index (χ0n) is 19.4. The summed E-state index contributed by atoms with van der Waals surface area (Å²) in [7, 11) is -1.85. The number of hydrogen-bond acceptors (Lipinski definition) is 7. The van der Waals surface area contributed by atoms with E-state index in [0.29, 0.717) is 42.5 Å². The van der Waals surface area contributed by atoms with Gasteiger partial charge in [0.2, 0.25) is 0 Å². The lowest BCUT2D eigenvalue weighted by Crippen LogP contribution is -2.50. The Morgan fingerprint density at radius 2 is 1.97 bits per heavy atom. The molecule has 186 valence electrons. The average molecular weight is 519 g/mol. The Morgan fingerprint density at radius 1 is 1.20 bits per heavy atom. The molecular formula is C23H27ClN6O4S. The molecule has 1 aliphatic rings. The molecule has 1 fully saturated rings. The van der Waals surface area contributed by atoms with Crippen molar-refractivity contribution in [1.29, 1.82) is 0 Å². The quantitative estimate of drug-likeness (QED) is 0.493. The number of carbonyl (C=O) groups is 1. The molecule has 4 rings (SSSR count).